The van der Waals surface area contributed by atoms with E-state index < -0.39 is 11.7 Å². The summed E-state index contributed by atoms with van der Waals surface area (Å²) in [5, 5.41) is 2.37. The number of alkyl halides is 3. The molecule has 0 aliphatic heterocycles. The number of nitrogens with one attached hydrogen (secondary N) is 1. The molecule has 0 spiro atoms. The van der Waals surface area contributed by atoms with Gasteiger partial charge in [-0.25, -0.2) is 0 Å². The third-order valence-corrected chi connectivity index (χ3v) is 2.99. The number of hydrogen-bond donors (Lipinski definition) is 1. The van der Waals surface area contributed by atoms with Crippen molar-refractivity contribution in [2.24, 2.45) is 0 Å². The Bertz CT molecular complexity index is 384. The maximum atomic E-state index is 13.0. The minimum absolute atomic E-state index is 0.271. The summed E-state index contributed by atoms with van der Waals surface area (Å²) >= 11 is 0. The molecule has 0 fully saturated rings. The van der Waals surface area contributed by atoms with Gasteiger partial charge in [0.1, 0.15) is 5.54 Å². The second kappa shape index (κ2) is 4.09. The highest BCUT2D eigenvalue weighted by molar-refractivity contribution is 5.36. The van der Waals surface area contributed by atoms with E-state index in [0.29, 0.717) is 5.56 Å². The third-order valence-electron chi connectivity index (χ3n) is 2.99. The van der Waals surface area contributed by atoms with Crippen LogP contribution in [0, 0.1) is 13.8 Å². The number of hydrogen-bond acceptors (Lipinski definition) is 1. The molecule has 0 heterocycles. The average molecular weight is 231 g/mol. The van der Waals surface area contributed by atoms with Crippen molar-refractivity contribution in [3.05, 3.63) is 34.9 Å². The van der Waals surface area contributed by atoms with Gasteiger partial charge in [0.15, 0.2) is 0 Å². The number of halogens is 3. The molecule has 0 aromatic heterocycles. The summed E-state index contributed by atoms with van der Waals surface area (Å²) in [5.41, 5.74) is -0.116. The summed E-state index contributed by atoms with van der Waals surface area (Å²) in [6.45, 7) is 4.72. The van der Waals surface area contributed by atoms with Crippen molar-refractivity contribution in [1.82, 2.24) is 5.32 Å². The Hall–Kier alpha value is -1.03. The van der Waals surface area contributed by atoms with Crippen LogP contribution in [0.3, 0.4) is 0 Å². The molecule has 1 N–H and O–H groups in total. The Balaban J connectivity index is 3.34. The SMILES string of the molecule is CNC(C)(c1ccc(C)cc1C)C(F)(F)F. The van der Waals surface area contributed by atoms with Crippen molar-refractivity contribution in [2.45, 2.75) is 32.5 Å². The van der Waals surface area contributed by atoms with Crippen molar-refractivity contribution >= 4 is 0 Å². The van der Waals surface area contributed by atoms with Gasteiger partial charge in [-0.2, -0.15) is 13.2 Å². The predicted octanol–water partition coefficient (Wildman–Crippen LogP) is 3.30. The third kappa shape index (κ3) is 2.07. The van der Waals surface area contributed by atoms with Gasteiger partial charge in [-0.05, 0) is 38.9 Å². The first kappa shape index (κ1) is 13.0. The van der Waals surface area contributed by atoms with E-state index in [1.165, 1.54) is 13.1 Å². The van der Waals surface area contributed by atoms with Gasteiger partial charge in [0.2, 0.25) is 0 Å². The number of benzene rings is 1. The summed E-state index contributed by atoms with van der Waals surface area (Å²) < 4.78 is 39.0. The van der Waals surface area contributed by atoms with Crippen LogP contribution < -0.4 is 5.32 Å². The normalized spacial score (nSPS) is 15.9. The first-order valence-corrected chi connectivity index (χ1v) is 5.05. The van der Waals surface area contributed by atoms with Crippen molar-refractivity contribution in [2.75, 3.05) is 7.05 Å². The predicted molar refractivity (Wildman–Crippen MR) is 58.4 cm³/mol. The Morgan fingerprint density at radius 3 is 2.06 bits per heavy atom. The smallest absolute Gasteiger partial charge is 0.303 e. The Labute approximate surface area is 93.7 Å². The highest BCUT2D eigenvalue weighted by Gasteiger charge is 2.51. The zero-order valence-corrected chi connectivity index (χ0v) is 9.87. The molecule has 0 aliphatic rings. The van der Waals surface area contributed by atoms with Crippen LogP contribution in [-0.2, 0) is 5.54 Å². The van der Waals surface area contributed by atoms with Crippen molar-refractivity contribution in [3.8, 4) is 0 Å². The molecule has 1 unspecified atom stereocenters. The second-order valence-electron chi connectivity index (χ2n) is 4.19. The van der Waals surface area contributed by atoms with Gasteiger partial charge in [0.25, 0.3) is 0 Å². The number of rotatable bonds is 2. The average Bonchev–Trinajstić information content (AvgIpc) is 2.15. The lowest BCUT2D eigenvalue weighted by Crippen LogP contribution is -2.50. The summed E-state index contributed by atoms with van der Waals surface area (Å²) in [6.07, 6.45) is -4.32. The maximum absolute atomic E-state index is 13.0. The highest BCUT2D eigenvalue weighted by Crippen LogP contribution is 2.39. The molecule has 1 atom stereocenters. The Morgan fingerprint density at radius 1 is 1.12 bits per heavy atom. The van der Waals surface area contributed by atoms with E-state index in [4.69, 9.17) is 0 Å². The van der Waals surface area contributed by atoms with Crippen molar-refractivity contribution in [3.63, 3.8) is 0 Å². The number of aryl methyl sites for hydroxylation is 2. The fourth-order valence-electron chi connectivity index (χ4n) is 1.80. The van der Waals surface area contributed by atoms with Crippen LogP contribution in [0.25, 0.3) is 0 Å². The molecule has 0 amide bonds. The zero-order valence-electron chi connectivity index (χ0n) is 9.87. The van der Waals surface area contributed by atoms with Crippen LogP contribution >= 0.6 is 0 Å². The zero-order chi connectivity index (χ0) is 12.6. The van der Waals surface area contributed by atoms with Crippen LogP contribution in [-0.4, -0.2) is 13.2 Å². The van der Waals surface area contributed by atoms with E-state index in [0.717, 1.165) is 12.5 Å². The van der Waals surface area contributed by atoms with E-state index in [-0.39, 0.29) is 5.56 Å². The van der Waals surface area contributed by atoms with E-state index in [2.05, 4.69) is 5.32 Å². The van der Waals surface area contributed by atoms with E-state index in [9.17, 15) is 13.2 Å². The second-order valence-corrected chi connectivity index (χ2v) is 4.19. The molecule has 0 radical (unpaired) electrons. The molecular formula is C12H16F3N. The molecule has 1 aromatic carbocycles. The minimum Gasteiger partial charge on any atom is -0.303 e. The van der Waals surface area contributed by atoms with Gasteiger partial charge >= 0.3 is 6.18 Å². The lowest BCUT2D eigenvalue weighted by atomic mass is 9.87. The Morgan fingerprint density at radius 2 is 1.69 bits per heavy atom. The van der Waals surface area contributed by atoms with Crippen LogP contribution in [0.4, 0.5) is 13.2 Å². The molecule has 0 saturated heterocycles. The van der Waals surface area contributed by atoms with Gasteiger partial charge < -0.3 is 5.32 Å². The topological polar surface area (TPSA) is 12.0 Å². The fraction of sp³-hybridized carbons (Fsp3) is 0.500. The van der Waals surface area contributed by atoms with Crippen LogP contribution in [0.5, 0.6) is 0 Å². The largest absolute Gasteiger partial charge is 0.410 e. The van der Waals surface area contributed by atoms with Crippen LogP contribution in [0.15, 0.2) is 18.2 Å². The molecule has 0 aliphatic carbocycles. The highest BCUT2D eigenvalue weighted by atomic mass is 19.4. The van der Waals surface area contributed by atoms with Crippen LogP contribution in [0.2, 0.25) is 0 Å². The summed E-state index contributed by atoms with van der Waals surface area (Å²) in [4.78, 5) is 0. The van der Waals surface area contributed by atoms with Crippen molar-refractivity contribution in [1.29, 1.82) is 0 Å². The standard InChI is InChI=1S/C12H16F3N/c1-8-5-6-10(9(2)7-8)11(3,16-4)12(13,14)15/h5-7,16H,1-4H3. The summed E-state index contributed by atoms with van der Waals surface area (Å²) in [7, 11) is 1.33. The fourth-order valence-corrected chi connectivity index (χ4v) is 1.80. The van der Waals surface area contributed by atoms with Gasteiger partial charge in [0.05, 0.1) is 0 Å². The molecular weight excluding hydrogens is 215 g/mol. The van der Waals surface area contributed by atoms with E-state index in [1.807, 2.05) is 6.92 Å². The first-order chi connectivity index (χ1) is 7.22. The van der Waals surface area contributed by atoms with Gasteiger partial charge in [-0.1, -0.05) is 23.8 Å². The van der Waals surface area contributed by atoms with E-state index in [1.54, 1.807) is 19.1 Å². The lowest BCUT2D eigenvalue weighted by Gasteiger charge is -2.33. The summed E-state index contributed by atoms with van der Waals surface area (Å²) in [5.74, 6) is 0. The first-order valence-electron chi connectivity index (χ1n) is 5.05. The molecule has 4 heteroatoms. The Kier molecular flexibility index (Phi) is 3.33. The monoisotopic (exact) mass is 231 g/mol. The van der Waals surface area contributed by atoms with Gasteiger partial charge in [-0.15, -0.1) is 0 Å². The molecule has 1 nitrogen and oxygen atoms in total. The molecule has 90 valence electrons. The minimum atomic E-state index is -4.32. The van der Waals surface area contributed by atoms with Gasteiger partial charge in [-0.3, -0.25) is 0 Å². The molecule has 1 aromatic rings. The van der Waals surface area contributed by atoms with Crippen molar-refractivity contribution < 1.29 is 13.2 Å². The molecule has 0 bridgehead atoms. The summed E-state index contributed by atoms with van der Waals surface area (Å²) in [6, 6.07) is 5.00. The van der Waals surface area contributed by atoms with Gasteiger partial charge in [0, 0.05) is 0 Å². The van der Waals surface area contributed by atoms with Crippen LogP contribution in [0.1, 0.15) is 23.6 Å². The lowest BCUT2D eigenvalue weighted by molar-refractivity contribution is -0.193. The quantitative estimate of drug-likeness (QED) is 0.823. The molecule has 0 saturated carbocycles. The molecule has 16 heavy (non-hydrogen) atoms. The maximum Gasteiger partial charge on any atom is 0.410 e. The van der Waals surface area contributed by atoms with E-state index >= 15 is 0 Å². The molecule has 1 rings (SSSR count).